The summed E-state index contributed by atoms with van der Waals surface area (Å²) in [5.74, 6) is -0.460. The molecule has 0 saturated carbocycles. The zero-order chi connectivity index (χ0) is 13.7. The molecule has 1 amide bonds. The lowest BCUT2D eigenvalue weighted by molar-refractivity contribution is -0.0498. The Labute approximate surface area is 113 Å². The van der Waals surface area contributed by atoms with Gasteiger partial charge in [0.25, 0.3) is 5.91 Å². The highest BCUT2D eigenvalue weighted by Gasteiger charge is 2.19. The fraction of sp³-hybridized carbons (Fsp3) is 0.583. The predicted molar refractivity (Wildman–Crippen MR) is 66.9 cm³/mol. The van der Waals surface area contributed by atoms with Crippen molar-refractivity contribution in [3.8, 4) is 5.75 Å². The highest BCUT2D eigenvalue weighted by molar-refractivity contribution is 7.12. The lowest BCUT2D eigenvalue weighted by Crippen LogP contribution is -2.26. The third kappa shape index (κ3) is 4.14. The van der Waals surface area contributed by atoms with E-state index in [1.807, 2.05) is 0 Å². The number of hydrogen-bond acceptors (Lipinski definition) is 4. The van der Waals surface area contributed by atoms with Crippen LogP contribution >= 0.6 is 11.3 Å². The van der Waals surface area contributed by atoms with Gasteiger partial charge in [0.05, 0.1) is 6.10 Å². The molecule has 2 rings (SSSR count). The van der Waals surface area contributed by atoms with Crippen LogP contribution in [0.15, 0.2) is 11.4 Å². The summed E-state index contributed by atoms with van der Waals surface area (Å²) in [6.45, 7) is -1.68. The first kappa shape index (κ1) is 14.2. The number of nitrogens with one attached hydrogen (secondary N) is 1. The van der Waals surface area contributed by atoms with Crippen molar-refractivity contribution in [3.63, 3.8) is 0 Å². The van der Waals surface area contributed by atoms with E-state index in [-0.39, 0.29) is 22.6 Å². The first-order valence-corrected chi connectivity index (χ1v) is 6.97. The Balaban J connectivity index is 1.80. The van der Waals surface area contributed by atoms with Gasteiger partial charge in [-0.2, -0.15) is 8.78 Å². The van der Waals surface area contributed by atoms with Gasteiger partial charge in [-0.15, -0.1) is 11.3 Å². The number of thiophene rings is 1. The summed E-state index contributed by atoms with van der Waals surface area (Å²) in [6, 6.07) is 1.37. The molecule has 1 N–H and O–H groups in total. The van der Waals surface area contributed by atoms with E-state index in [4.69, 9.17) is 4.74 Å². The van der Waals surface area contributed by atoms with Crippen molar-refractivity contribution in [1.29, 1.82) is 0 Å². The number of rotatable bonds is 6. The Morgan fingerprint density at radius 3 is 3.16 bits per heavy atom. The molecule has 0 spiro atoms. The van der Waals surface area contributed by atoms with Gasteiger partial charge < -0.3 is 14.8 Å². The summed E-state index contributed by atoms with van der Waals surface area (Å²) in [5.41, 5.74) is 0. The molecule has 1 aliphatic heterocycles. The molecule has 19 heavy (non-hydrogen) atoms. The summed E-state index contributed by atoms with van der Waals surface area (Å²) < 4.78 is 34.0. The van der Waals surface area contributed by atoms with Gasteiger partial charge in [0.2, 0.25) is 0 Å². The monoisotopic (exact) mass is 291 g/mol. The largest absolute Gasteiger partial charge is 0.433 e. The van der Waals surface area contributed by atoms with Gasteiger partial charge >= 0.3 is 6.61 Å². The second kappa shape index (κ2) is 6.81. The zero-order valence-electron chi connectivity index (χ0n) is 10.2. The normalized spacial score (nSPS) is 18.8. The van der Waals surface area contributed by atoms with Crippen molar-refractivity contribution >= 4 is 17.2 Å². The number of carbonyl (C=O) groups is 1. The van der Waals surface area contributed by atoms with Crippen LogP contribution in [0, 0.1) is 0 Å². The molecule has 1 aromatic heterocycles. The topological polar surface area (TPSA) is 47.6 Å². The van der Waals surface area contributed by atoms with Gasteiger partial charge in [0, 0.05) is 13.2 Å². The lowest BCUT2D eigenvalue weighted by Gasteiger charge is -2.10. The standard InChI is InChI=1S/C12H15F2NO3S/c13-12(14)18-9-4-7-19-10(9)11(16)15-5-3-8-2-1-6-17-8/h4,7-8,12H,1-3,5-6H2,(H,15,16)/t8-/m0/s1. The maximum absolute atomic E-state index is 12.1. The molecule has 0 radical (unpaired) electrons. The third-order valence-electron chi connectivity index (χ3n) is 2.83. The lowest BCUT2D eigenvalue weighted by atomic mass is 10.2. The van der Waals surface area contributed by atoms with Gasteiger partial charge in [0.1, 0.15) is 10.6 Å². The summed E-state index contributed by atoms with van der Waals surface area (Å²) >= 11 is 1.08. The average molecular weight is 291 g/mol. The van der Waals surface area contributed by atoms with Crippen LogP contribution in [0.3, 0.4) is 0 Å². The Hall–Kier alpha value is -1.21. The van der Waals surface area contributed by atoms with Crippen molar-refractivity contribution in [1.82, 2.24) is 5.32 Å². The third-order valence-corrected chi connectivity index (χ3v) is 3.72. The Morgan fingerprint density at radius 1 is 1.63 bits per heavy atom. The minimum absolute atomic E-state index is 0.0744. The van der Waals surface area contributed by atoms with Crippen LogP contribution in [0.25, 0.3) is 0 Å². The summed E-state index contributed by atoms with van der Waals surface area (Å²) in [5, 5.41) is 4.24. The highest BCUT2D eigenvalue weighted by Crippen LogP contribution is 2.26. The van der Waals surface area contributed by atoms with Crippen LogP contribution in [0.5, 0.6) is 5.75 Å². The first-order chi connectivity index (χ1) is 9.16. The minimum atomic E-state index is -2.92. The van der Waals surface area contributed by atoms with E-state index in [1.54, 1.807) is 5.38 Å². The number of carbonyl (C=O) groups excluding carboxylic acids is 1. The maximum Gasteiger partial charge on any atom is 0.387 e. The fourth-order valence-electron chi connectivity index (χ4n) is 1.95. The highest BCUT2D eigenvalue weighted by atomic mass is 32.1. The molecule has 1 saturated heterocycles. The molecule has 0 unspecified atom stereocenters. The molecule has 0 aliphatic carbocycles. The van der Waals surface area contributed by atoms with Crippen molar-refractivity contribution in [2.75, 3.05) is 13.2 Å². The van der Waals surface area contributed by atoms with E-state index in [1.165, 1.54) is 6.07 Å². The molecule has 1 aromatic rings. The molecular formula is C12H15F2NO3S. The zero-order valence-corrected chi connectivity index (χ0v) is 11.1. The second-order valence-corrected chi connectivity index (χ2v) is 5.09. The molecule has 1 fully saturated rings. The molecule has 0 aromatic carbocycles. The SMILES string of the molecule is O=C(NCC[C@@H]1CCCO1)c1sccc1OC(F)F. The Kier molecular flexibility index (Phi) is 5.09. The predicted octanol–water partition coefficient (Wildman–Crippen LogP) is 2.65. The van der Waals surface area contributed by atoms with Gasteiger partial charge in [0.15, 0.2) is 0 Å². The molecule has 1 aliphatic rings. The summed E-state index contributed by atoms with van der Waals surface area (Å²) in [6.07, 6.45) is 2.99. The van der Waals surface area contributed by atoms with E-state index in [2.05, 4.69) is 10.1 Å². The van der Waals surface area contributed by atoms with Crippen molar-refractivity contribution < 1.29 is 23.0 Å². The smallest absolute Gasteiger partial charge is 0.387 e. The van der Waals surface area contributed by atoms with E-state index in [0.717, 1.165) is 37.2 Å². The molecule has 7 heteroatoms. The molecule has 4 nitrogen and oxygen atoms in total. The van der Waals surface area contributed by atoms with Gasteiger partial charge in [-0.05, 0) is 30.7 Å². The van der Waals surface area contributed by atoms with Crippen LogP contribution in [-0.4, -0.2) is 31.8 Å². The van der Waals surface area contributed by atoms with Crippen molar-refractivity contribution in [2.24, 2.45) is 0 Å². The second-order valence-electron chi connectivity index (χ2n) is 4.17. The molecule has 0 bridgehead atoms. The molecule has 106 valence electrons. The van der Waals surface area contributed by atoms with E-state index < -0.39 is 6.61 Å². The van der Waals surface area contributed by atoms with E-state index in [0.29, 0.717) is 6.54 Å². The summed E-state index contributed by atoms with van der Waals surface area (Å²) in [4.78, 5) is 12.0. The quantitative estimate of drug-likeness (QED) is 0.876. The van der Waals surface area contributed by atoms with Crippen molar-refractivity contribution in [3.05, 3.63) is 16.3 Å². The average Bonchev–Trinajstić information content (AvgIpc) is 2.99. The van der Waals surface area contributed by atoms with E-state index in [9.17, 15) is 13.6 Å². The number of hydrogen-bond donors (Lipinski definition) is 1. The van der Waals surface area contributed by atoms with E-state index >= 15 is 0 Å². The molecule has 1 atom stereocenters. The van der Waals surface area contributed by atoms with Gasteiger partial charge in [-0.1, -0.05) is 0 Å². The summed E-state index contributed by atoms with van der Waals surface area (Å²) in [7, 11) is 0. The number of ether oxygens (including phenoxy) is 2. The van der Waals surface area contributed by atoms with Crippen LogP contribution in [0.2, 0.25) is 0 Å². The maximum atomic E-state index is 12.1. The van der Waals surface area contributed by atoms with Gasteiger partial charge in [-0.3, -0.25) is 4.79 Å². The van der Waals surface area contributed by atoms with Crippen LogP contribution in [-0.2, 0) is 4.74 Å². The van der Waals surface area contributed by atoms with Crippen molar-refractivity contribution in [2.45, 2.75) is 32.0 Å². The Morgan fingerprint density at radius 2 is 2.47 bits per heavy atom. The minimum Gasteiger partial charge on any atom is -0.433 e. The number of alkyl halides is 2. The Bertz CT molecular complexity index is 419. The van der Waals surface area contributed by atoms with Crippen LogP contribution in [0.4, 0.5) is 8.78 Å². The first-order valence-electron chi connectivity index (χ1n) is 6.09. The number of halogens is 2. The van der Waals surface area contributed by atoms with Crippen LogP contribution < -0.4 is 10.1 Å². The fourth-order valence-corrected chi connectivity index (χ4v) is 2.69. The molecule has 2 heterocycles. The van der Waals surface area contributed by atoms with Gasteiger partial charge in [-0.25, -0.2) is 0 Å². The molecular weight excluding hydrogens is 276 g/mol. The number of amides is 1. The van der Waals surface area contributed by atoms with Crippen LogP contribution in [0.1, 0.15) is 28.9 Å².